The van der Waals surface area contributed by atoms with Gasteiger partial charge in [-0.25, -0.2) is 9.97 Å². The molecule has 0 aliphatic carbocycles. The highest BCUT2D eigenvalue weighted by molar-refractivity contribution is 6.28. The Kier molecular flexibility index (Phi) is 4.12. The molecule has 6 heteroatoms. The third-order valence-corrected chi connectivity index (χ3v) is 1.80. The molecule has 0 saturated carbocycles. The second kappa shape index (κ2) is 5.39. The Morgan fingerprint density at radius 3 is 3.14 bits per heavy atom. The summed E-state index contributed by atoms with van der Waals surface area (Å²) in [7, 11) is 1.83. The Hall–Kier alpha value is -1.36. The van der Waals surface area contributed by atoms with E-state index in [1.54, 1.807) is 12.3 Å². The van der Waals surface area contributed by atoms with Crippen molar-refractivity contribution in [3.8, 4) is 0 Å². The van der Waals surface area contributed by atoms with E-state index in [4.69, 9.17) is 11.6 Å². The molecule has 76 valence electrons. The lowest BCUT2D eigenvalue weighted by Gasteiger charge is -2.16. The number of halogens is 1. The van der Waals surface area contributed by atoms with Crippen LogP contribution in [0.1, 0.15) is 0 Å². The molecule has 1 heterocycles. The van der Waals surface area contributed by atoms with Gasteiger partial charge in [0.1, 0.15) is 12.4 Å². The Morgan fingerprint density at radius 2 is 2.50 bits per heavy atom. The van der Waals surface area contributed by atoms with Gasteiger partial charge in [0.25, 0.3) is 6.47 Å². The minimum absolute atomic E-state index is 0.200. The first-order valence-electron chi connectivity index (χ1n) is 3.99. The predicted octanol–water partition coefficient (Wildman–Crippen LogP) is 0.739. The fourth-order valence-corrected chi connectivity index (χ4v) is 1.03. The maximum atomic E-state index is 9.89. The molecule has 1 aromatic rings. The zero-order valence-corrected chi connectivity index (χ0v) is 8.44. The summed E-state index contributed by atoms with van der Waals surface area (Å²) in [5.74, 6) is 0.694. The van der Waals surface area contributed by atoms with Gasteiger partial charge in [-0.3, -0.25) is 4.79 Å². The third-order valence-electron chi connectivity index (χ3n) is 1.62. The van der Waals surface area contributed by atoms with Crippen LogP contribution in [0.3, 0.4) is 0 Å². The van der Waals surface area contributed by atoms with Gasteiger partial charge in [-0.05, 0) is 17.7 Å². The van der Waals surface area contributed by atoms with Crippen LogP contribution in [0, 0.1) is 0 Å². The maximum Gasteiger partial charge on any atom is 0.293 e. The van der Waals surface area contributed by atoms with Gasteiger partial charge in [-0.1, -0.05) is 0 Å². The predicted molar refractivity (Wildman–Crippen MR) is 52.3 cm³/mol. The number of carbonyl (C=O) groups excluding carboxylic acids is 1. The number of likely N-dealkylation sites (N-methyl/N-ethyl adjacent to an activating group) is 1. The first kappa shape index (κ1) is 10.7. The normalized spacial score (nSPS) is 9.57. The van der Waals surface area contributed by atoms with Crippen LogP contribution >= 0.6 is 11.6 Å². The van der Waals surface area contributed by atoms with E-state index in [-0.39, 0.29) is 5.28 Å². The van der Waals surface area contributed by atoms with Gasteiger partial charge in [-0.15, -0.1) is 0 Å². The average Bonchev–Trinajstić information content (AvgIpc) is 2.18. The van der Waals surface area contributed by atoms with Crippen molar-refractivity contribution in [2.24, 2.45) is 0 Å². The first-order valence-corrected chi connectivity index (χ1v) is 4.37. The van der Waals surface area contributed by atoms with Crippen LogP contribution in [0.4, 0.5) is 5.82 Å². The van der Waals surface area contributed by atoms with Crippen molar-refractivity contribution in [3.05, 3.63) is 17.5 Å². The van der Waals surface area contributed by atoms with Gasteiger partial charge < -0.3 is 9.64 Å². The van der Waals surface area contributed by atoms with E-state index in [1.165, 1.54) is 0 Å². The Balaban J connectivity index is 2.51. The molecule has 1 aromatic heterocycles. The molecule has 0 atom stereocenters. The first-order chi connectivity index (χ1) is 6.74. The molecule has 0 spiro atoms. The molecular formula is C8H10ClN3O2. The molecule has 0 aliphatic rings. The van der Waals surface area contributed by atoms with E-state index in [0.29, 0.717) is 25.4 Å². The van der Waals surface area contributed by atoms with Gasteiger partial charge >= 0.3 is 0 Å². The number of carbonyl (C=O) groups is 1. The summed E-state index contributed by atoms with van der Waals surface area (Å²) in [6, 6.07) is 1.73. The lowest BCUT2D eigenvalue weighted by Crippen LogP contribution is -2.23. The molecule has 1 rings (SSSR count). The number of ether oxygens (including phenoxy) is 1. The van der Waals surface area contributed by atoms with E-state index < -0.39 is 0 Å². The number of rotatable bonds is 5. The minimum atomic E-state index is 0.200. The third kappa shape index (κ3) is 3.18. The molecule has 14 heavy (non-hydrogen) atoms. The molecule has 5 nitrogen and oxygen atoms in total. The highest BCUT2D eigenvalue weighted by Gasteiger charge is 2.02. The monoisotopic (exact) mass is 215 g/mol. The summed E-state index contributed by atoms with van der Waals surface area (Å²) < 4.78 is 4.56. The van der Waals surface area contributed by atoms with Crippen LogP contribution in [-0.2, 0) is 9.53 Å². The summed E-state index contributed by atoms with van der Waals surface area (Å²) >= 11 is 5.61. The SMILES string of the molecule is CN(CCOC=O)c1ccnc(Cl)n1. The highest BCUT2D eigenvalue weighted by atomic mass is 35.5. The van der Waals surface area contributed by atoms with Crippen molar-refractivity contribution in [2.75, 3.05) is 25.1 Å². The van der Waals surface area contributed by atoms with E-state index >= 15 is 0 Å². The van der Waals surface area contributed by atoms with Crippen molar-refractivity contribution < 1.29 is 9.53 Å². The zero-order valence-electron chi connectivity index (χ0n) is 7.68. The molecule has 0 aliphatic heterocycles. The zero-order chi connectivity index (χ0) is 10.4. The van der Waals surface area contributed by atoms with Gasteiger partial charge in [-0.2, -0.15) is 0 Å². The molecule has 0 unspecified atom stereocenters. The topological polar surface area (TPSA) is 55.3 Å². The largest absolute Gasteiger partial charge is 0.466 e. The molecule has 0 amide bonds. The molecule has 0 N–H and O–H groups in total. The molecule has 0 aromatic carbocycles. The molecule has 0 fully saturated rings. The Labute approximate surface area is 86.7 Å². The van der Waals surface area contributed by atoms with Crippen molar-refractivity contribution in [1.29, 1.82) is 0 Å². The fourth-order valence-electron chi connectivity index (χ4n) is 0.891. The molecule has 0 saturated heterocycles. The fraction of sp³-hybridized carbons (Fsp3) is 0.375. The van der Waals surface area contributed by atoms with E-state index in [9.17, 15) is 4.79 Å². The minimum Gasteiger partial charge on any atom is -0.466 e. The number of nitrogens with zero attached hydrogens (tertiary/aromatic N) is 3. The average molecular weight is 216 g/mol. The highest BCUT2D eigenvalue weighted by Crippen LogP contribution is 2.09. The second-order valence-electron chi connectivity index (χ2n) is 2.57. The van der Waals surface area contributed by atoms with Crippen LogP contribution in [0.25, 0.3) is 0 Å². The summed E-state index contributed by atoms with van der Waals surface area (Å²) in [6.45, 7) is 1.30. The lowest BCUT2D eigenvalue weighted by molar-refractivity contribution is -0.128. The van der Waals surface area contributed by atoms with Gasteiger partial charge in [0.05, 0.1) is 6.54 Å². The second-order valence-corrected chi connectivity index (χ2v) is 2.91. The molecular weight excluding hydrogens is 206 g/mol. The summed E-state index contributed by atoms with van der Waals surface area (Å²) in [5, 5.41) is 0.200. The summed E-state index contributed by atoms with van der Waals surface area (Å²) in [4.78, 5) is 19.5. The van der Waals surface area contributed by atoms with Crippen LogP contribution < -0.4 is 4.90 Å². The van der Waals surface area contributed by atoms with Gasteiger partial charge in [0.15, 0.2) is 0 Å². The Morgan fingerprint density at radius 1 is 1.71 bits per heavy atom. The number of aromatic nitrogens is 2. The van der Waals surface area contributed by atoms with E-state index in [2.05, 4.69) is 14.7 Å². The number of hydrogen-bond donors (Lipinski definition) is 0. The molecule has 0 bridgehead atoms. The van der Waals surface area contributed by atoms with Gasteiger partial charge in [0, 0.05) is 13.2 Å². The smallest absolute Gasteiger partial charge is 0.293 e. The van der Waals surface area contributed by atoms with Crippen LogP contribution in [0.15, 0.2) is 12.3 Å². The van der Waals surface area contributed by atoms with Crippen LogP contribution in [0.5, 0.6) is 0 Å². The molecule has 0 radical (unpaired) electrons. The van der Waals surface area contributed by atoms with Gasteiger partial charge in [0.2, 0.25) is 5.28 Å². The summed E-state index contributed by atoms with van der Waals surface area (Å²) in [5.41, 5.74) is 0. The summed E-state index contributed by atoms with van der Waals surface area (Å²) in [6.07, 6.45) is 1.57. The maximum absolute atomic E-state index is 9.89. The van der Waals surface area contributed by atoms with Crippen molar-refractivity contribution in [3.63, 3.8) is 0 Å². The standard InChI is InChI=1S/C8H10ClN3O2/c1-12(4-5-14-6-13)7-2-3-10-8(9)11-7/h2-3,6H,4-5H2,1H3. The number of anilines is 1. The Bertz CT molecular complexity index is 308. The van der Waals surface area contributed by atoms with E-state index in [0.717, 1.165) is 0 Å². The van der Waals surface area contributed by atoms with E-state index in [1.807, 2.05) is 11.9 Å². The van der Waals surface area contributed by atoms with Crippen molar-refractivity contribution in [2.45, 2.75) is 0 Å². The van der Waals surface area contributed by atoms with Crippen LogP contribution in [-0.4, -0.2) is 36.6 Å². The quantitative estimate of drug-likeness (QED) is 0.412. The van der Waals surface area contributed by atoms with Crippen LogP contribution in [0.2, 0.25) is 5.28 Å². The van der Waals surface area contributed by atoms with Crippen molar-refractivity contribution >= 4 is 23.9 Å². The number of hydrogen-bond acceptors (Lipinski definition) is 5. The van der Waals surface area contributed by atoms with Crippen molar-refractivity contribution in [1.82, 2.24) is 9.97 Å². The lowest BCUT2D eigenvalue weighted by atomic mass is 10.5.